The Kier molecular flexibility index (Phi) is 3.22. The number of fused-ring (bicyclic) bond motifs is 1. The van der Waals surface area contributed by atoms with Crippen molar-refractivity contribution in [2.75, 3.05) is 0 Å². The van der Waals surface area contributed by atoms with Gasteiger partial charge in [-0.1, -0.05) is 60.7 Å². The standard InChI is InChI=1S/C18H18O/c1-13-6-2-3-8-15(13)12-16-11-10-14-7-4-5-9-17(14)18(16)19/h2-11,16,18-19H,12H2,1H3/t16-,18+/m1/s1. The number of benzene rings is 2. The predicted molar refractivity (Wildman–Crippen MR) is 78.8 cm³/mol. The maximum Gasteiger partial charge on any atom is 0.0861 e. The van der Waals surface area contributed by atoms with Gasteiger partial charge >= 0.3 is 0 Å². The summed E-state index contributed by atoms with van der Waals surface area (Å²) in [5, 5.41) is 10.5. The van der Waals surface area contributed by atoms with Crippen molar-refractivity contribution in [3.63, 3.8) is 0 Å². The van der Waals surface area contributed by atoms with Crippen LogP contribution in [-0.4, -0.2) is 5.11 Å². The quantitative estimate of drug-likeness (QED) is 0.856. The van der Waals surface area contributed by atoms with Crippen LogP contribution in [0.25, 0.3) is 6.08 Å². The largest absolute Gasteiger partial charge is 0.388 e. The molecule has 2 aromatic carbocycles. The van der Waals surface area contributed by atoms with Crippen LogP contribution >= 0.6 is 0 Å². The van der Waals surface area contributed by atoms with Gasteiger partial charge in [0.15, 0.2) is 0 Å². The van der Waals surface area contributed by atoms with E-state index in [2.05, 4.69) is 49.4 Å². The van der Waals surface area contributed by atoms with Gasteiger partial charge in [0.1, 0.15) is 0 Å². The van der Waals surface area contributed by atoms with Gasteiger partial charge in [-0.2, -0.15) is 0 Å². The van der Waals surface area contributed by atoms with E-state index in [4.69, 9.17) is 0 Å². The Morgan fingerprint density at radius 1 is 1.00 bits per heavy atom. The zero-order chi connectivity index (χ0) is 13.2. The first kappa shape index (κ1) is 12.2. The van der Waals surface area contributed by atoms with Gasteiger partial charge in [-0.05, 0) is 35.6 Å². The van der Waals surface area contributed by atoms with E-state index in [0.717, 1.165) is 17.5 Å². The Morgan fingerprint density at radius 2 is 1.74 bits per heavy atom. The average molecular weight is 250 g/mol. The van der Waals surface area contributed by atoms with Gasteiger partial charge in [-0.15, -0.1) is 0 Å². The molecule has 0 amide bonds. The number of aliphatic hydroxyl groups excluding tert-OH is 1. The molecule has 1 nitrogen and oxygen atoms in total. The van der Waals surface area contributed by atoms with E-state index in [1.165, 1.54) is 11.1 Å². The summed E-state index contributed by atoms with van der Waals surface area (Å²) >= 11 is 0. The molecule has 0 saturated carbocycles. The van der Waals surface area contributed by atoms with Gasteiger partial charge < -0.3 is 5.11 Å². The zero-order valence-electron chi connectivity index (χ0n) is 11.1. The molecule has 0 spiro atoms. The van der Waals surface area contributed by atoms with E-state index in [0.29, 0.717) is 0 Å². The van der Waals surface area contributed by atoms with Crippen LogP contribution in [0.2, 0.25) is 0 Å². The molecule has 2 atom stereocenters. The minimum atomic E-state index is -0.402. The average Bonchev–Trinajstić information content (AvgIpc) is 2.44. The van der Waals surface area contributed by atoms with Crippen LogP contribution in [0.3, 0.4) is 0 Å². The van der Waals surface area contributed by atoms with Crippen molar-refractivity contribution < 1.29 is 5.11 Å². The number of aliphatic hydroxyl groups is 1. The molecule has 0 aliphatic heterocycles. The molecular formula is C18H18O. The summed E-state index contributed by atoms with van der Waals surface area (Å²) in [6.45, 7) is 2.13. The molecule has 1 aliphatic carbocycles. The van der Waals surface area contributed by atoms with Crippen LogP contribution in [0.5, 0.6) is 0 Å². The van der Waals surface area contributed by atoms with Crippen molar-refractivity contribution in [1.29, 1.82) is 0 Å². The highest BCUT2D eigenvalue weighted by Gasteiger charge is 2.24. The van der Waals surface area contributed by atoms with Crippen LogP contribution in [-0.2, 0) is 6.42 Å². The van der Waals surface area contributed by atoms with Gasteiger partial charge in [-0.3, -0.25) is 0 Å². The van der Waals surface area contributed by atoms with Crippen molar-refractivity contribution in [2.24, 2.45) is 5.92 Å². The van der Waals surface area contributed by atoms with E-state index < -0.39 is 6.10 Å². The molecule has 19 heavy (non-hydrogen) atoms. The molecule has 0 unspecified atom stereocenters. The summed E-state index contributed by atoms with van der Waals surface area (Å²) in [5.74, 6) is 0.163. The Hall–Kier alpha value is -1.86. The molecule has 0 fully saturated rings. The second-order valence-corrected chi connectivity index (χ2v) is 5.23. The van der Waals surface area contributed by atoms with Crippen LogP contribution in [0.4, 0.5) is 0 Å². The van der Waals surface area contributed by atoms with E-state index in [9.17, 15) is 5.11 Å². The molecule has 1 heteroatoms. The van der Waals surface area contributed by atoms with Crippen LogP contribution < -0.4 is 0 Å². The number of hydrogen-bond acceptors (Lipinski definition) is 1. The second kappa shape index (κ2) is 5.02. The third-order valence-corrected chi connectivity index (χ3v) is 3.96. The Bertz CT molecular complexity index is 613. The lowest BCUT2D eigenvalue weighted by molar-refractivity contribution is 0.129. The predicted octanol–water partition coefficient (Wildman–Crippen LogP) is 3.91. The van der Waals surface area contributed by atoms with E-state index in [-0.39, 0.29) is 5.92 Å². The highest BCUT2D eigenvalue weighted by atomic mass is 16.3. The first-order valence-corrected chi connectivity index (χ1v) is 6.75. The Balaban J connectivity index is 1.87. The number of hydrogen-bond donors (Lipinski definition) is 1. The maximum atomic E-state index is 10.5. The summed E-state index contributed by atoms with van der Waals surface area (Å²) in [6.07, 6.45) is 4.75. The van der Waals surface area contributed by atoms with Gasteiger partial charge in [0.25, 0.3) is 0 Å². The van der Waals surface area contributed by atoms with Crippen molar-refractivity contribution in [3.05, 3.63) is 76.9 Å². The summed E-state index contributed by atoms with van der Waals surface area (Å²) in [6, 6.07) is 16.5. The molecular weight excluding hydrogens is 232 g/mol. The molecule has 0 radical (unpaired) electrons. The van der Waals surface area contributed by atoms with Crippen LogP contribution in [0, 0.1) is 12.8 Å². The van der Waals surface area contributed by atoms with Gasteiger partial charge in [0.2, 0.25) is 0 Å². The van der Waals surface area contributed by atoms with E-state index in [1.54, 1.807) is 0 Å². The van der Waals surface area contributed by atoms with Crippen molar-refractivity contribution in [1.82, 2.24) is 0 Å². The third-order valence-electron chi connectivity index (χ3n) is 3.96. The topological polar surface area (TPSA) is 20.2 Å². The lowest BCUT2D eigenvalue weighted by atomic mass is 9.83. The van der Waals surface area contributed by atoms with Crippen molar-refractivity contribution >= 4 is 6.08 Å². The lowest BCUT2D eigenvalue weighted by Crippen LogP contribution is -2.17. The molecule has 2 aromatic rings. The Labute approximate surface area is 114 Å². The first-order chi connectivity index (χ1) is 9.25. The maximum absolute atomic E-state index is 10.5. The molecule has 0 saturated heterocycles. The Morgan fingerprint density at radius 3 is 2.58 bits per heavy atom. The van der Waals surface area contributed by atoms with E-state index in [1.807, 2.05) is 18.2 Å². The molecule has 0 heterocycles. The summed E-state index contributed by atoms with van der Waals surface area (Å²) in [7, 11) is 0. The van der Waals surface area contributed by atoms with Gasteiger partial charge in [0.05, 0.1) is 6.10 Å². The van der Waals surface area contributed by atoms with Crippen LogP contribution in [0.1, 0.15) is 28.4 Å². The van der Waals surface area contributed by atoms with Crippen LogP contribution in [0.15, 0.2) is 54.6 Å². The fourth-order valence-corrected chi connectivity index (χ4v) is 2.77. The minimum Gasteiger partial charge on any atom is -0.388 e. The first-order valence-electron chi connectivity index (χ1n) is 6.75. The fourth-order valence-electron chi connectivity index (χ4n) is 2.77. The molecule has 1 N–H and O–H groups in total. The summed E-state index contributed by atoms with van der Waals surface area (Å²) in [5.41, 5.74) is 4.79. The SMILES string of the molecule is Cc1ccccc1C[C@H]1C=Cc2ccccc2[C@H]1O. The molecule has 96 valence electrons. The van der Waals surface area contributed by atoms with Gasteiger partial charge in [-0.25, -0.2) is 0 Å². The molecule has 3 rings (SSSR count). The smallest absolute Gasteiger partial charge is 0.0861 e. The van der Waals surface area contributed by atoms with Gasteiger partial charge in [0, 0.05) is 5.92 Å². The van der Waals surface area contributed by atoms with Crippen molar-refractivity contribution in [3.8, 4) is 0 Å². The zero-order valence-corrected chi connectivity index (χ0v) is 11.1. The van der Waals surface area contributed by atoms with Crippen molar-refractivity contribution in [2.45, 2.75) is 19.4 Å². The summed E-state index contributed by atoms with van der Waals surface area (Å²) < 4.78 is 0. The second-order valence-electron chi connectivity index (χ2n) is 5.23. The number of aryl methyl sites for hydroxylation is 1. The van der Waals surface area contributed by atoms with E-state index >= 15 is 0 Å². The highest BCUT2D eigenvalue weighted by molar-refractivity contribution is 5.58. The fraction of sp³-hybridized carbons (Fsp3) is 0.222. The molecule has 1 aliphatic rings. The molecule has 0 bridgehead atoms. The lowest BCUT2D eigenvalue weighted by Gasteiger charge is -2.26. The molecule has 0 aromatic heterocycles. The third kappa shape index (κ3) is 2.34. The minimum absolute atomic E-state index is 0.163. The number of rotatable bonds is 2. The normalized spacial score (nSPS) is 21.2. The summed E-state index contributed by atoms with van der Waals surface area (Å²) in [4.78, 5) is 0. The monoisotopic (exact) mass is 250 g/mol. The highest BCUT2D eigenvalue weighted by Crippen LogP contribution is 2.34.